The van der Waals surface area contributed by atoms with Gasteiger partial charge in [-0.3, -0.25) is 19.6 Å². The number of nitrogens with zero attached hydrogens (tertiary/aromatic N) is 3. The molecule has 1 N–H and O–H groups in total. The summed E-state index contributed by atoms with van der Waals surface area (Å²) in [5, 5.41) is 11.1. The number of fused-ring (bicyclic) bond motifs is 1. The lowest BCUT2D eigenvalue weighted by Gasteiger charge is -2.08. The summed E-state index contributed by atoms with van der Waals surface area (Å²) in [4.78, 5) is 28.2. The molecule has 0 aliphatic rings. The topological polar surface area (TPSA) is 124 Å². The van der Waals surface area contributed by atoms with Crippen molar-refractivity contribution >= 4 is 48.9 Å². The summed E-state index contributed by atoms with van der Waals surface area (Å²) in [6.45, 7) is 4.07. The van der Waals surface area contributed by atoms with Crippen LogP contribution in [0.3, 0.4) is 0 Å². The van der Waals surface area contributed by atoms with Crippen LogP contribution in [0.5, 0.6) is 0 Å². The van der Waals surface area contributed by atoms with E-state index in [2.05, 4.69) is 16.3 Å². The van der Waals surface area contributed by atoms with Crippen molar-refractivity contribution in [1.29, 1.82) is 0 Å². The maximum atomic E-state index is 12.9. The lowest BCUT2D eigenvalue weighted by molar-refractivity contribution is -0.384. The predicted octanol–water partition coefficient (Wildman–Crippen LogP) is 4.34. The molecule has 0 fully saturated rings. The van der Waals surface area contributed by atoms with Crippen molar-refractivity contribution < 1.29 is 18.1 Å². The predicted molar refractivity (Wildman–Crippen MR) is 130 cm³/mol. The standard InChI is InChI=1S/C23H18N4O5S2/c1-2-13-26-20-12-11-18(27(29)30)15-21(20)33-23(26)24-22(28)16-7-6-8-17(14-16)25-34(31,32)19-9-4-3-5-10-19/h2-12,14-15,25H,1,13H2. The van der Waals surface area contributed by atoms with Gasteiger partial charge in [0.05, 0.1) is 20.0 Å². The van der Waals surface area contributed by atoms with Gasteiger partial charge in [0.2, 0.25) is 0 Å². The van der Waals surface area contributed by atoms with Gasteiger partial charge in [0.15, 0.2) is 4.80 Å². The van der Waals surface area contributed by atoms with Gasteiger partial charge in [-0.15, -0.1) is 6.58 Å². The monoisotopic (exact) mass is 494 g/mol. The number of allylic oxidation sites excluding steroid dienone is 1. The molecule has 172 valence electrons. The van der Waals surface area contributed by atoms with E-state index in [4.69, 9.17) is 0 Å². The molecule has 0 bridgehead atoms. The zero-order chi connectivity index (χ0) is 24.3. The van der Waals surface area contributed by atoms with E-state index in [1.165, 1.54) is 42.5 Å². The largest absolute Gasteiger partial charge is 0.312 e. The second-order valence-electron chi connectivity index (χ2n) is 7.11. The van der Waals surface area contributed by atoms with Gasteiger partial charge in [-0.05, 0) is 36.4 Å². The van der Waals surface area contributed by atoms with E-state index in [1.807, 2.05) is 0 Å². The van der Waals surface area contributed by atoms with Gasteiger partial charge in [-0.1, -0.05) is 41.7 Å². The number of non-ortho nitro benzene ring substituents is 1. The van der Waals surface area contributed by atoms with Gasteiger partial charge in [-0.2, -0.15) is 4.99 Å². The van der Waals surface area contributed by atoms with Crippen molar-refractivity contribution in [1.82, 2.24) is 4.57 Å². The fraction of sp³-hybridized carbons (Fsp3) is 0.0435. The molecule has 0 saturated heterocycles. The molecule has 0 saturated carbocycles. The Balaban J connectivity index is 1.70. The highest BCUT2D eigenvalue weighted by Gasteiger charge is 2.16. The lowest BCUT2D eigenvalue weighted by atomic mass is 10.2. The van der Waals surface area contributed by atoms with E-state index in [-0.39, 0.29) is 21.8 Å². The van der Waals surface area contributed by atoms with Crippen molar-refractivity contribution in [2.45, 2.75) is 11.4 Å². The fourth-order valence-corrected chi connectivity index (χ4v) is 5.39. The molecule has 1 heterocycles. The number of anilines is 1. The fourth-order valence-electron chi connectivity index (χ4n) is 3.25. The third kappa shape index (κ3) is 4.80. The first-order valence-corrected chi connectivity index (χ1v) is 12.2. The summed E-state index contributed by atoms with van der Waals surface area (Å²) < 4.78 is 30.0. The van der Waals surface area contributed by atoms with Crippen molar-refractivity contribution in [2.24, 2.45) is 4.99 Å². The molecule has 4 rings (SSSR count). The maximum Gasteiger partial charge on any atom is 0.279 e. The number of hydrogen-bond acceptors (Lipinski definition) is 6. The van der Waals surface area contributed by atoms with Crippen LogP contribution in [-0.2, 0) is 16.6 Å². The number of aromatic nitrogens is 1. The van der Waals surface area contributed by atoms with Crippen molar-refractivity contribution in [3.05, 3.63) is 106 Å². The molecule has 0 spiro atoms. The zero-order valence-electron chi connectivity index (χ0n) is 17.6. The number of rotatable bonds is 7. The van der Waals surface area contributed by atoms with Crippen LogP contribution in [0.1, 0.15) is 10.4 Å². The second-order valence-corrected chi connectivity index (χ2v) is 9.80. The Morgan fingerprint density at radius 2 is 1.88 bits per heavy atom. The summed E-state index contributed by atoms with van der Waals surface area (Å²) in [5.41, 5.74) is 1.03. The Morgan fingerprint density at radius 3 is 2.59 bits per heavy atom. The number of amides is 1. The number of benzene rings is 3. The van der Waals surface area contributed by atoms with Crippen LogP contribution in [-0.4, -0.2) is 23.8 Å². The van der Waals surface area contributed by atoms with Crippen LogP contribution >= 0.6 is 11.3 Å². The van der Waals surface area contributed by atoms with E-state index < -0.39 is 20.9 Å². The Bertz CT molecular complexity index is 1590. The molecular formula is C23H18N4O5S2. The highest BCUT2D eigenvalue weighted by Crippen LogP contribution is 2.23. The molecule has 0 aliphatic heterocycles. The van der Waals surface area contributed by atoms with E-state index in [0.29, 0.717) is 21.6 Å². The van der Waals surface area contributed by atoms with Crippen LogP contribution in [0.4, 0.5) is 11.4 Å². The average molecular weight is 495 g/mol. The molecule has 34 heavy (non-hydrogen) atoms. The van der Waals surface area contributed by atoms with Gasteiger partial charge in [0, 0.05) is 29.9 Å². The highest BCUT2D eigenvalue weighted by atomic mass is 32.2. The molecule has 0 unspecified atom stereocenters. The third-order valence-corrected chi connectivity index (χ3v) is 7.24. The van der Waals surface area contributed by atoms with Crippen LogP contribution < -0.4 is 9.52 Å². The summed E-state index contributed by atoms with van der Waals surface area (Å²) in [7, 11) is -3.82. The van der Waals surface area contributed by atoms with Crippen molar-refractivity contribution in [3.63, 3.8) is 0 Å². The lowest BCUT2D eigenvalue weighted by Crippen LogP contribution is -2.16. The number of sulfonamides is 1. The number of carbonyl (C=O) groups is 1. The number of nitrogens with one attached hydrogen (secondary N) is 1. The average Bonchev–Trinajstić information content (AvgIpc) is 3.16. The number of nitro benzene ring substituents is 1. The van der Waals surface area contributed by atoms with Crippen LogP contribution in [0, 0.1) is 10.1 Å². The van der Waals surface area contributed by atoms with Gasteiger partial charge in [-0.25, -0.2) is 8.42 Å². The van der Waals surface area contributed by atoms with Gasteiger partial charge >= 0.3 is 0 Å². The summed E-state index contributed by atoms with van der Waals surface area (Å²) >= 11 is 1.14. The highest BCUT2D eigenvalue weighted by molar-refractivity contribution is 7.92. The molecular weight excluding hydrogens is 476 g/mol. The molecule has 3 aromatic carbocycles. The molecule has 0 aliphatic carbocycles. The molecule has 9 nitrogen and oxygen atoms in total. The molecule has 0 radical (unpaired) electrons. The number of hydrogen-bond donors (Lipinski definition) is 1. The van der Waals surface area contributed by atoms with Crippen LogP contribution in [0.2, 0.25) is 0 Å². The van der Waals surface area contributed by atoms with E-state index >= 15 is 0 Å². The smallest absolute Gasteiger partial charge is 0.279 e. The first kappa shape index (κ1) is 23.1. The zero-order valence-corrected chi connectivity index (χ0v) is 19.3. The van der Waals surface area contributed by atoms with Crippen molar-refractivity contribution in [3.8, 4) is 0 Å². The third-order valence-electron chi connectivity index (χ3n) is 4.80. The Labute approximate surface area is 198 Å². The molecule has 11 heteroatoms. The van der Waals surface area contributed by atoms with Crippen molar-refractivity contribution in [2.75, 3.05) is 4.72 Å². The number of nitro groups is 1. The maximum absolute atomic E-state index is 12.9. The quantitative estimate of drug-likeness (QED) is 0.233. The van der Waals surface area contributed by atoms with E-state index in [1.54, 1.807) is 41.0 Å². The molecule has 4 aromatic rings. The van der Waals surface area contributed by atoms with Gasteiger partial charge in [0.1, 0.15) is 0 Å². The molecule has 1 amide bonds. The SMILES string of the molecule is C=CCn1c(=NC(=O)c2cccc(NS(=O)(=O)c3ccccc3)c2)sc2cc([N+](=O)[O-])ccc21. The first-order valence-electron chi connectivity index (χ1n) is 9.94. The summed E-state index contributed by atoms with van der Waals surface area (Å²) in [6, 6.07) is 18.3. The first-order chi connectivity index (χ1) is 16.3. The van der Waals surface area contributed by atoms with Crippen LogP contribution in [0.15, 0.2) is 95.3 Å². The second kappa shape index (κ2) is 9.41. The Morgan fingerprint density at radius 1 is 1.12 bits per heavy atom. The van der Waals surface area contributed by atoms with Crippen LogP contribution in [0.25, 0.3) is 10.2 Å². The number of carbonyl (C=O) groups excluding carboxylic acids is 1. The van der Waals surface area contributed by atoms with Gasteiger partial charge < -0.3 is 4.57 Å². The Kier molecular flexibility index (Phi) is 6.39. The molecule has 0 atom stereocenters. The van der Waals surface area contributed by atoms with Gasteiger partial charge in [0.25, 0.3) is 21.6 Å². The minimum Gasteiger partial charge on any atom is -0.312 e. The minimum absolute atomic E-state index is 0.0595. The minimum atomic E-state index is -3.82. The molecule has 1 aromatic heterocycles. The summed E-state index contributed by atoms with van der Waals surface area (Å²) in [6.07, 6.45) is 1.63. The normalized spacial score (nSPS) is 11.9. The van der Waals surface area contributed by atoms with E-state index in [9.17, 15) is 23.3 Å². The summed E-state index contributed by atoms with van der Waals surface area (Å²) in [5.74, 6) is -0.584. The Hall–Kier alpha value is -4.09. The van der Waals surface area contributed by atoms with E-state index in [0.717, 1.165) is 11.3 Å². The number of thiazole rings is 1.